The molecule has 3 rings (SSSR count). The van der Waals surface area contributed by atoms with Crippen LogP contribution in [0.2, 0.25) is 5.15 Å². The van der Waals surface area contributed by atoms with Gasteiger partial charge in [0.15, 0.2) is 17.2 Å². The van der Waals surface area contributed by atoms with Gasteiger partial charge in [-0.25, -0.2) is 4.98 Å². The Labute approximate surface area is 128 Å². The van der Waals surface area contributed by atoms with Crippen LogP contribution in [0, 0.1) is 0 Å². The Morgan fingerprint density at radius 3 is 2.50 bits per heavy atom. The summed E-state index contributed by atoms with van der Waals surface area (Å²) in [6.07, 6.45) is 0. The number of nitrogens with zero attached hydrogens (tertiary/aromatic N) is 1. The van der Waals surface area contributed by atoms with Crippen LogP contribution < -0.4 is 5.32 Å². The monoisotopic (exact) mass is 319 g/mol. The summed E-state index contributed by atoms with van der Waals surface area (Å²) < 4.78 is 0. The second-order valence-electron chi connectivity index (χ2n) is 4.57. The lowest BCUT2D eigenvalue weighted by Gasteiger charge is -2.07. The lowest BCUT2D eigenvalue weighted by atomic mass is 10.2. The lowest BCUT2D eigenvalue weighted by Crippen LogP contribution is -2.12. The number of phenolic OH excluding ortho intramolecular Hbond substituents is 3. The fourth-order valence-electron chi connectivity index (χ4n) is 1.98. The molecule has 0 bridgehead atoms. The third kappa shape index (κ3) is 2.49. The number of hydrogen-bond donors (Lipinski definition) is 5. The first-order valence-corrected chi connectivity index (χ1v) is 6.53. The van der Waals surface area contributed by atoms with Gasteiger partial charge in [0.1, 0.15) is 10.8 Å². The summed E-state index contributed by atoms with van der Waals surface area (Å²) in [6, 6.07) is 7.05. The Morgan fingerprint density at radius 2 is 1.82 bits per heavy atom. The summed E-state index contributed by atoms with van der Waals surface area (Å²) in [5.41, 5.74) is 1.54. The molecule has 112 valence electrons. The Hall–Kier alpha value is -2.93. The largest absolute Gasteiger partial charge is 0.504 e. The van der Waals surface area contributed by atoms with E-state index in [2.05, 4.69) is 15.3 Å². The van der Waals surface area contributed by atoms with Crippen molar-refractivity contribution >= 4 is 34.2 Å². The Morgan fingerprint density at radius 1 is 1.14 bits per heavy atom. The van der Waals surface area contributed by atoms with Crippen molar-refractivity contribution in [3.63, 3.8) is 0 Å². The molecule has 0 saturated heterocycles. The van der Waals surface area contributed by atoms with Crippen LogP contribution in [0.1, 0.15) is 10.5 Å². The number of pyridine rings is 1. The van der Waals surface area contributed by atoms with Crippen molar-refractivity contribution in [1.29, 1.82) is 0 Å². The summed E-state index contributed by atoms with van der Waals surface area (Å²) in [5, 5.41) is 30.9. The van der Waals surface area contributed by atoms with E-state index in [0.29, 0.717) is 16.2 Å². The molecule has 8 heteroatoms. The van der Waals surface area contributed by atoms with Gasteiger partial charge in [-0.1, -0.05) is 11.6 Å². The molecule has 0 saturated carbocycles. The third-order valence-corrected chi connectivity index (χ3v) is 3.22. The molecule has 0 aliphatic rings. The Bertz CT molecular complexity index is 868. The number of halogens is 1. The van der Waals surface area contributed by atoms with E-state index in [9.17, 15) is 20.1 Å². The number of carbonyl (C=O) groups is 1. The van der Waals surface area contributed by atoms with Crippen LogP contribution in [0.25, 0.3) is 11.0 Å². The maximum atomic E-state index is 12.1. The summed E-state index contributed by atoms with van der Waals surface area (Å²) in [4.78, 5) is 19.1. The van der Waals surface area contributed by atoms with E-state index in [4.69, 9.17) is 11.6 Å². The zero-order valence-corrected chi connectivity index (χ0v) is 11.7. The summed E-state index contributed by atoms with van der Waals surface area (Å²) in [6.45, 7) is 0. The number of hydrogen-bond acceptors (Lipinski definition) is 5. The molecule has 0 unspecified atom stereocenters. The van der Waals surface area contributed by atoms with Crippen LogP contribution in [0.15, 0.2) is 30.3 Å². The number of amides is 1. The number of fused-ring (bicyclic) bond motifs is 1. The maximum Gasteiger partial charge on any atom is 0.272 e. The Balaban J connectivity index is 1.90. The third-order valence-electron chi connectivity index (χ3n) is 3.01. The molecule has 2 aromatic heterocycles. The van der Waals surface area contributed by atoms with Gasteiger partial charge < -0.3 is 25.6 Å². The molecule has 7 nitrogen and oxygen atoms in total. The molecule has 22 heavy (non-hydrogen) atoms. The number of H-pyrrole nitrogens is 1. The van der Waals surface area contributed by atoms with Crippen molar-refractivity contribution in [3.8, 4) is 17.2 Å². The van der Waals surface area contributed by atoms with Crippen molar-refractivity contribution in [1.82, 2.24) is 9.97 Å². The van der Waals surface area contributed by atoms with E-state index >= 15 is 0 Å². The average Bonchev–Trinajstić information content (AvgIpc) is 2.87. The van der Waals surface area contributed by atoms with Crippen LogP contribution in [0.3, 0.4) is 0 Å². The second-order valence-corrected chi connectivity index (χ2v) is 4.95. The minimum atomic E-state index is -0.651. The standard InChI is InChI=1S/C14H10ClN3O4/c15-12-2-1-7-8(18-12)5-9(17-7)14(22)16-6-3-10(19)13(21)11(20)4-6/h1-5,17,19-21H,(H,16,22). The van der Waals surface area contributed by atoms with Crippen LogP contribution in [-0.2, 0) is 0 Å². The number of nitrogens with one attached hydrogen (secondary N) is 2. The first-order chi connectivity index (χ1) is 10.4. The molecule has 2 heterocycles. The summed E-state index contributed by atoms with van der Waals surface area (Å²) in [5.74, 6) is -2.23. The molecular weight excluding hydrogens is 310 g/mol. The van der Waals surface area contributed by atoms with Gasteiger partial charge in [-0.15, -0.1) is 0 Å². The van der Waals surface area contributed by atoms with E-state index in [1.807, 2.05) is 0 Å². The molecule has 0 fully saturated rings. The van der Waals surface area contributed by atoms with Crippen molar-refractivity contribution in [3.05, 3.63) is 41.2 Å². The van der Waals surface area contributed by atoms with Crippen molar-refractivity contribution in [2.75, 3.05) is 5.32 Å². The molecule has 1 amide bonds. The number of anilines is 1. The summed E-state index contributed by atoms with van der Waals surface area (Å²) >= 11 is 5.78. The minimum Gasteiger partial charge on any atom is -0.504 e. The molecule has 0 atom stereocenters. The van der Waals surface area contributed by atoms with Crippen molar-refractivity contribution in [2.24, 2.45) is 0 Å². The molecule has 0 radical (unpaired) electrons. The molecule has 0 aliphatic heterocycles. The fraction of sp³-hybridized carbons (Fsp3) is 0. The van der Waals surface area contributed by atoms with Crippen molar-refractivity contribution < 1.29 is 20.1 Å². The van der Waals surface area contributed by atoms with Gasteiger partial charge in [-0.05, 0) is 18.2 Å². The topological polar surface area (TPSA) is 118 Å². The SMILES string of the molecule is O=C(Nc1cc(O)c(O)c(O)c1)c1cc2nc(Cl)ccc2[nH]1. The highest BCUT2D eigenvalue weighted by Crippen LogP contribution is 2.37. The van der Waals surface area contributed by atoms with Crippen LogP contribution in [-0.4, -0.2) is 31.2 Å². The predicted octanol–water partition coefficient (Wildman–Crippen LogP) is 2.59. The van der Waals surface area contributed by atoms with E-state index in [0.717, 1.165) is 12.1 Å². The van der Waals surface area contributed by atoms with E-state index in [1.165, 1.54) is 6.07 Å². The van der Waals surface area contributed by atoms with Gasteiger partial charge >= 0.3 is 0 Å². The number of rotatable bonds is 2. The predicted molar refractivity (Wildman–Crippen MR) is 80.5 cm³/mol. The normalized spacial score (nSPS) is 10.8. The number of aromatic amines is 1. The number of phenols is 3. The fourth-order valence-corrected chi connectivity index (χ4v) is 2.13. The second kappa shape index (κ2) is 5.12. The Kier molecular flexibility index (Phi) is 3.26. The molecule has 1 aromatic carbocycles. The highest BCUT2D eigenvalue weighted by atomic mass is 35.5. The maximum absolute atomic E-state index is 12.1. The number of aromatic nitrogens is 2. The van der Waals surface area contributed by atoms with Gasteiger partial charge in [-0.2, -0.15) is 0 Å². The van der Waals surface area contributed by atoms with Crippen LogP contribution in [0.4, 0.5) is 5.69 Å². The van der Waals surface area contributed by atoms with E-state index in [1.54, 1.807) is 12.1 Å². The molecule has 0 spiro atoms. The first-order valence-electron chi connectivity index (χ1n) is 6.15. The summed E-state index contributed by atoms with van der Waals surface area (Å²) in [7, 11) is 0. The van der Waals surface area contributed by atoms with Gasteiger partial charge in [0.25, 0.3) is 5.91 Å². The number of aromatic hydroxyl groups is 3. The van der Waals surface area contributed by atoms with Crippen molar-refractivity contribution in [2.45, 2.75) is 0 Å². The van der Waals surface area contributed by atoms with Gasteiger partial charge in [-0.3, -0.25) is 4.79 Å². The van der Waals surface area contributed by atoms with Gasteiger partial charge in [0.2, 0.25) is 0 Å². The highest BCUT2D eigenvalue weighted by Gasteiger charge is 2.14. The average molecular weight is 320 g/mol. The molecular formula is C14H10ClN3O4. The van der Waals surface area contributed by atoms with Gasteiger partial charge in [0.05, 0.1) is 11.0 Å². The molecule has 5 N–H and O–H groups in total. The highest BCUT2D eigenvalue weighted by molar-refractivity contribution is 6.29. The van der Waals surface area contributed by atoms with E-state index < -0.39 is 23.2 Å². The lowest BCUT2D eigenvalue weighted by molar-refractivity contribution is 0.102. The van der Waals surface area contributed by atoms with E-state index in [-0.39, 0.29) is 11.4 Å². The van der Waals surface area contributed by atoms with Crippen LogP contribution >= 0.6 is 11.6 Å². The number of carbonyl (C=O) groups excluding carboxylic acids is 1. The molecule has 0 aliphatic carbocycles. The zero-order chi connectivity index (χ0) is 15.9. The van der Waals surface area contributed by atoms with Crippen LogP contribution in [0.5, 0.6) is 17.2 Å². The zero-order valence-electron chi connectivity index (χ0n) is 11.0. The number of benzene rings is 1. The first kappa shape index (κ1) is 14.0. The molecule has 3 aromatic rings. The quantitative estimate of drug-likeness (QED) is 0.282. The smallest absolute Gasteiger partial charge is 0.272 e. The minimum absolute atomic E-state index is 0.127. The van der Waals surface area contributed by atoms with Gasteiger partial charge in [0, 0.05) is 17.8 Å².